The highest BCUT2D eigenvalue weighted by atomic mass is 16.3. The van der Waals surface area contributed by atoms with Crippen LogP contribution in [-0.4, -0.2) is 0 Å². The minimum Gasteiger partial charge on any atom is -0.455 e. The molecule has 0 fully saturated rings. The summed E-state index contributed by atoms with van der Waals surface area (Å²) in [5.41, 5.74) is 16.5. The minimum atomic E-state index is 0.881. The average Bonchev–Trinajstić information content (AvgIpc) is 3.76. The molecule has 0 aliphatic rings. The van der Waals surface area contributed by atoms with Crippen LogP contribution in [0.5, 0.6) is 0 Å². The fourth-order valence-corrected chi connectivity index (χ4v) is 9.61. The highest BCUT2D eigenvalue weighted by Crippen LogP contribution is 2.48. The standard InChI is InChI=1S/C62H41NO/c1-2-15-46(16-3-1)54-40-37-48(53-26-13-20-45-18-5-7-22-51(45)53)41-60(54)63(59-29-10-8-23-55(59)57-27-14-28-58-56-24-9-11-30-61(56)64-62(57)58)49-38-35-43(36-39-49)42-31-33-47(34-32-42)52-25-12-19-44-17-4-6-21-50(44)52/h1-41H. The molecule has 300 valence electrons. The number of fused-ring (bicyclic) bond motifs is 5. The summed E-state index contributed by atoms with van der Waals surface area (Å²) in [5.74, 6) is 0. The Kier molecular flexibility index (Phi) is 9.20. The van der Waals surface area contributed by atoms with E-state index in [0.29, 0.717) is 0 Å². The van der Waals surface area contributed by atoms with Gasteiger partial charge in [0.15, 0.2) is 0 Å². The lowest BCUT2D eigenvalue weighted by Gasteiger charge is -2.30. The van der Waals surface area contributed by atoms with Gasteiger partial charge in [0.25, 0.3) is 0 Å². The zero-order valence-electron chi connectivity index (χ0n) is 35.0. The molecule has 12 rings (SSSR count). The van der Waals surface area contributed by atoms with Gasteiger partial charge in [-0.3, -0.25) is 0 Å². The molecule has 0 saturated heterocycles. The van der Waals surface area contributed by atoms with E-state index < -0.39 is 0 Å². The maximum atomic E-state index is 6.70. The van der Waals surface area contributed by atoms with Gasteiger partial charge in [-0.05, 0) is 90.8 Å². The number of para-hydroxylation sites is 3. The Labute approximate surface area is 372 Å². The molecule has 0 unspecified atom stereocenters. The Morgan fingerprint density at radius 3 is 1.48 bits per heavy atom. The second kappa shape index (κ2) is 15.8. The quantitative estimate of drug-likeness (QED) is 0.152. The number of hydrogen-bond acceptors (Lipinski definition) is 2. The molecule has 12 aromatic rings. The maximum absolute atomic E-state index is 6.70. The van der Waals surface area contributed by atoms with Crippen molar-refractivity contribution in [3.05, 3.63) is 249 Å². The molecule has 0 N–H and O–H groups in total. The Morgan fingerprint density at radius 1 is 0.266 bits per heavy atom. The van der Waals surface area contributed by atoms with Crippen LogP contribution in [0.15, 0.2) is 253 Å². The van der Waals surface area contributed by atoms with Gasteiger partial charge in [0.1, 0.15) is 11.2 Å². The van der Waals surface area contributed by atoms with Crippen molar-refractivity contribution >= 4 is 60.5 Å². The van der Waals surface area contributed by atoms with E-state index in [-0.39, 0.29) is 0 Å². The van der Waals surface area contributed by atoms with Crippen molar-refractivity contribution in [2.75, 3.05) is 4.90 Å². The summed E-state index contributed by atoms with van der Waals surface area (Å²) in [5, 5.41) is 7.17. The first-order valence-electron chi connectivity index (χ1n) is 21.9. The van der Waals surface area contributed by atoms with E-state index in [1.54, 1.807) is 0 Å². The maximum Gasteiger partial charge on any atom is 0.143 e. The zero-order valence-corrected chi connectivity index (χ0v) is 35.0. The fourth-order valence-electron chi connectivity index (χ4n) is 9.61. The molecule has 0 bridgehead atoms. The molecule has 2 nitrogen and oxygen atoms in total. The van der Waals surface area contributed by atoms with Crippen molar-refractivity contribution in [1.29, 1.82) is 0 Å². The molecule has 11 aromatic carbocycles. The first kappa shape index (κ1) is 37.3. The summed E-state index contributed by atoms with van der Waals surface area (Å²) in [6.45, 7) is 0. The van der Waals surface area contributed by atoms with Crippen LogP contribution in [-0.2, 0) is 0 Å². The predicted octanol–water partition coefficient (Wildman–Crippen LogP) is 17.7. The second-order valence-corrected chi connectivity index (χ2v) is 16.4. The largest absolute Gasteiger partial charge is 0.455 e. The van der Waals surface area contributed by atoms with Crippen molar-refractivity contribution in [3.8, 4) is 55.6 Å². The summed E-state index contributed by atoms with van der Waals surface area (Å²) in [4.78, 5) is 2.45. The van der Waals surface area contributed by atoms with Crippen LogP contribution in [0.4, 0.5) is 17.1 Å². The van der Waals surface area contributed by atoms with Crippen LogP contribution in [0.1, 0.15) is 0 Å². The fraction of sp³-hybridized carbons (Fsp3) is 0. The smallest absolute Gasteiger partial charge is 0.143 e. The van der Waals surface area contributed by atoms with E-state index in [1.165, 1.54) is 43.8 Å². The number of furan rings is 1. The van der Waals surface area contributed by atoms with Crippen molar-refractivity contribution in [3.63, 3.8) is 0 Å². The summed E-state index contributed by atoms with van der Waals surface area (Å²) in [6.07, 6.45) is 0. The summed E-state index contributed by atoms with van der Waals surface area (Å²) in [7, 11) is 0. The molecule has 0 aliphatic heterocycles. The van der Waals surface area contributed by atoms with Crippen LogP contribution in [0.2, 0.25) is 0 Å². The molecule has 0 saturated carbocycles. The lowest BCUT2D eigenvalue weighted by Crippen LogP contribution is -2.12. The monoisotopic (exact) mass is 815 g/mol. The molecule has 2 heteroatoms. The van der Waals surface area contributed by atoms with Gasteiger partial charge in [-0.25, -0.2) is 0 Å². The van der Waals surface area contributed by atoms with Gasteiger partial charge in [0, 0.05) is 33.2 Å². The first-order valence-corrected chi connectivity index (χ1v) is 21.9. The molecule has 0 amide bonds. The second-order valence-electron chi connectivity index (χ2n) is 16.4. The molecule has 1 heterocycles. The van der Waals surface area contributed by atoms with Crippen LogP contribution in [0.25, 0.3) is 99.1 Å². The number of nitrogens with zero attached hydrogens (tertiary/aromatic N) is 1. The van der Waals surface area contributed by atoms with Crippen molar-refractivity contribution in [1.82, 2.24) is 0 Å². The van der Waals surface area contributed by atoms with E-state index in [1.807, 2.05) is 6.07 Å². The van der Waals surface area contributed by atoms with Gasteiger partial charge >= 0.3 is 0 Å². The average molecular weight is 816 g/mol. The lowest BCUT2D eigenvalue weighted by molar-refractivity contribution is 0.670. The number of benzene rings is 11. The first-order chi connectivity index (χ1) is 31.7. The van der Waals surface area contributed by atoms with Gasteiger partial charge < -0.3 is 9.32 Å². The van der Waals surface area contributed by atoms with Gasteiger partial charge in [-0.1, -0.05) is 218 Å². The highest BCUT2D eigenvalue weighted by molar-refractivity contribution is 6.11. The molecule has 0 atom stereocenters. The normalized spacial score (nSPS) is 11.4. The van der Waals surface area contributed by atoms with E-state index >= 15 is 0 Å². The SMILES string of the molecule is c1ccc(-c2ccc(-c3cccc4ccccc34)cc2N(c2ccc(-c3ccc(-c4cccc5ccccc45)cc3)cc2)c2ccccc2-c2cccc3c2oc2ccccc23)cc1. The summed E-state index contributed by atoms with van der Waals surface area (Å²) in [6, 6.07) is 89.7. The van der Waals surface area contributed by atoms with Gasteiger partial charge in [-0.2, -0.15) is 0 Å². The number of rotatable bonds is 8. The zero-order chi connectivity index (χ0) is 42.4. The third-order valence-electron chi connectivity index (χ3n) is 12.7. The Bertz CT molecular complexity index is 3650. The summed E-state index contributed by atoms with van der Waals surface area (Å²) >= 11 is 0. The molecular formula is C62H41NO. The molecule has 0 aliphatic carbocycles. The van der Waals surface area contributed by atoms with Crippen LogP contribution < -0.4 is 4.90 Å². The number of hydrogen-bond donors (Lipinski definition) is 0. The Morgan fingerprint density at radius 2 is 0.750 bits per heavy atom. The van der Waals surface area contributed by atoms with Crippen molar-refractivity contribution < 1.29 is 4.42 Å². The topological polar surface area (TPSA) is 16.4 Å². The van der Waals surface area contributed by atoms with Crippen molar-refractivity contribution in [2.45, 2.75) is 0 Å². The lowest BCUT2D eigenvalue weighted by atomic mass is 9.93. The van der Waals surface area contributed by atoms with E-state index in [0.717, 1.165) is 72.4 Å². The van der Waals surface area contributed by atoms with Gasteiger partial charge in [0.05, 0.1) is 11.4 Å². The predicted molar refractivity (Wildman–Crippen MR) is 271 cm³/mol. The molecule has 0 spiro atoms. The third kappa shape index (κ3) is 6.52. The Hall–Kier alpha value is -8.46. The van der Waals surface area contributed by atoms with E-state index in [4.69, 9.17) is 4.42 Å². The third-order valence-corrected chi connectivity index (χ3v) is 12.7. The van der Waals surface area contributed by atoms with Crippen LogP contribution >= 0.6 is 0 Å². The minimum absolute atomic E-state index is 0.881. The van der Waals surface area contributed by atoms with Gasteiger partial charge in [0.2, 0.25) is 0 Å². The van der Waals surface area contributed by atoms with E-state index in [2.05, 4.69) is 248 Å². The molecular weight excluding hydrogens is 775 g/mol. The summed E-state index contributed by atoms with van der Waals surface area (Å²) < 4.78 is 6.70. The molecule has 1 aromatic heterocycles. The Balaban J connectivity index is 1.05. The molecule has 0 radical (unpaired) electrons. The van der Waals surface area contributed by atoms with E-state index in [9.17, 15) is 0 Å². The van der Waals surface area contributed by atoms with Crippen LogP contribution in [0.3, 0.4) is 0 Å². The van der Waals surface area contributed by atoms with Crippen LogP contribution in [0, 0.1) is 0 Å². The highest BCUT2D eigenvalue weighted by Gasteiger charge is 2.24. The number of anilines is 3. The van der Waals surface area contributed by atoms with Crippen molar-refractivity contribution in [2.24, 2.45) is 0 Å². The molecule has 64 heavy (non-hydrogen) atoms. The van der Waals surface area contributed by atoms with Gasteiger partial charge in [-0.15, -0.1) is 0 Å².